The van der Waals surface area contributed by atoms with Crippen molar-refractivity contribution in [2.75, 3.05) is 5.32 Å². The minimum Gasteiger partial charge on any atom is -0.467 e. The van der Waals surface area contributed by atoms with Crippen molar-refractivity contribution in [3.8, 4) is 6.07 Å². The van der Waals surface area contributed by atoms with E-state index >= 15 is 0 Å². The number of aromatic nitrogens is 2. The normalized spacial score (nSPS) is 9.64. The monoisotopic (exact) mass is 188 g/mol. The summed E-state index contributed by atoms with van der Waals surface area (Å²) in [6.07, 6.45) is 3.08. The molecule has 0 aliphatic carbocycles. The highest BCUT2D eigenvalue weighted by Gasteiger charge is 2.03. The molecule has 2 aromatic heterocycles. The van der Waals surface area contributed by atoms with Crippen LogP contribution in [0.1, 0.15) is 11.3 Å². The number of aromatic amines is 1. The number of nitrogens with zero attached hydrogens (tertiary/aromatic N) is 2. The largest absolute Gasteiger partial charge is 0.467 e. The van der Waals surface area contributed by atoms with Crippen LogP contribution in [0.4, 0.5) is 5.82 Å². The first-order valence-corrected chi connectivity index (χ1v) is 4.10. The molecule has 0 radical (unpaired) electrons. The Morgan fingerprint density at radius 3 is 3.29 bits per heavy atom. The van der Waals surface area contributed by atoms with E-state index in [-0.39, 0.29) is 0 Å². The molecule has 14 heavy (non-hydrogen) atoms. The molecular weight excluding hydrogens is 180 g/mol. The van der Waals surface area contributed by atoms with Crippen molar-refractivity contribution in [2.24, 2.45) is 0 Å². The number of anilines is 1. The molecule has 0 saturated carbocycles. The van der Waals surface area contributed by atoms with Gasteiger partial charge in [-0.25, -0.2) is 0 Å². The van der Waals surface area contributed by atoms with Crippen LogP contribution in [-0.4, -0.2) is 10.2 Å². The van der Waals surface area contributed by atoms with E-state index in [0.717, 1.165) is 5.76 Å². The van der Waals surface area contributed by atoms with Crippen LogP contribution in [0.3, 0.4) is 0 Å². The molecule has 2 N–H and O–H groups in total. The van der Waals surface area contributed by atoms with Crippen LogP contribution in [0.2, 0.25) is 0 Å². The fraction of sp³-hybridized carbons (Fsp3) is 0.111. The zero-order valence-electron chi connectivity index (χ0n) is 7.32. The van der Waals surface area contributed by atoms with Crippen molar-refractivity contribution in [1.29, 1.82) is 5.26 Å². The first kappa shape index (κ1) is 8.38. The van der Waals surface area contributed by atoms with Crippen LogP contribution in [0.5, 0.6) is 0 Å². The lowest BCUT2D eigenvalue weighted by Crippen LogP contribution is -1.99. The third-order valence-electron chi connectivity index (χ3n) is 1.78. The molecule has 2 rings (SSSR count). The summed E-state index contributed by atoms with van der Waals surface area (Å²) in [5.74, 6) is 1.42. The van der Waals surface area contributed by atoms with Gasteiger partial charge in [0.05, 0.1) is 19.0 Å². The molecule has 0 bridgehead atoms. The maximum atomic E-state index is 8.69. The van der Waals surface area contributed by atoms with Crippen LogP contribution < -0.4 is 5.32 Å². The first-order valence-electron chi connectivity index (χ1n) is 4.10. The molecule has 70 valence electrons. The van der Waals surface area contributed by atoms with Crippen molar-refractivity contribution in [2.45, 2.75) is 6.54 Å². The highest BCUT2D eigenvalue weighted by Crippen LogP contribution is 2.10. The quantitative estimate of drug-likeness (QED) is 0.764. The Hall–Kier alpha value is -2.22. The van der Waals surface area contributed by atoms with E-state index in [2.05, 4.69) is 15.5 Å². The van der Waals surface area contributed by atoms with Gasteiger partial charge in [-0.1, -0.05) is 0 Å². The van der Waals surface area contributed by atoms with E-state index in [1.54, 1.807) is 6.26 Å². The number of hydrogen-bond donors (Lipinski definition) is 2. The van der Waals surface area contributed by atoms with Gasteiger partial charge >= 0.3 is 0 Å². The molecule has 0 unspecified atom stereocenters. The zero-order chi connectivity index (χ0) is 9.80. The Balaban J connectivity index is 2.02. The van der Waals surface area contributed by atoms with Gasteiger partial charge in [0, 0.05) is 0 Å². The lowest BCUT2D eigenvalue weighted by Gasteiger charge is -2.00. The van der Waals surface area contributed by atoms with Crippen LogP contribution in [0, 0.1) is 11.3 Å². The van der Waals surface area contributed by atoms with Gasteiger partial charge in [0.2, 0.25) is 0 Å². The number of rotatable bonds is 3. The average molecular weight is 188 g/mol. The summed E-state index contributed by atoms with van der Waals surface area (Å²) >= 11 is 0. The molecule has 0 aliphatic heterocycles. The van der Waals surface area contributed by atoms with Gasteiger partial charge in [0.15, 0.2) is 0 Å². The Morgan fingerprint density at radius 1 is 1.64 bits per heavy atom. The van der Waals surface area contributed by atoms with E-state index in [4.69, 9.17) is 9.68 Å². The smallest absolute Gasteiger partial charge is 0.140 e. The van der Waals surface area contributed by atoms with Gasteiger partial charge in [0.1, 0.15) is 23.2 Å². The summed E-state index contributed by atoms with van der Waals surface area (Å²) in [6.45, 7) is 0.532. The Labute approximate surface area is 80.4 Å². The van der Waals surface area contributed by atoms with E-state index in [9.17, 15) is 0 Å². The lowest BCUT2D eigenvalue weighted by molar-refractivity contribution is 0.518. The molecule has 5 heteroatoms. The summed E-state index contributed by atoms with van der Waals surface area (Å²) in [5, 5.41) is 18.1. The summed E-state index contributed by atoms with van der Waals surface area (Å²) in [6, 6.07) is 5.69. The number of nitriles is 1. The van der Waals surface area contributed by atoms with Gasteiger partial charge in [-0.2, -0.15) is 10.4 Å². The molecule has 2 heterocycles. The summed E-state index contributed by atoms with van der Waals surface area (Å²) in [5.41, 5.74) is 0.497. The topological polar surface area (TPSA) is 77.6 Å². The Kier molecular flexibility index (Phi) is 2.19. The fourth-order valence-corrected chi connectivity index (χ4v) is 1.09. The van der Waals surface area contributed by atoms with Crippen LogP contribution in [-0.2, 0) is 6.54 Å². The Morgan fingerprint density at radius 2 is 2.57 bits per heavy atom. The molecule has 0 aliphatic rings. The zero-order valence-corrected chi connectivity index (χ0v) is 7.32. The minimum atomic E-state index is 0.497. The highest BCUT2D eigenvalue weighted by molar-refractivity contribution is 5.50. The van der Waals surface area contributed by atoms with Crippen molar-refractivity contribution < 1.29 is 4.42 Å². The molecule has 0 fully saturated rings. The van der Waals surface area contributed by atoms with E-state index in [1.807, 2.05) is 18.2 Å². The second kappa shape index (κ2) is 3.66. The van der Waals surface area contributed by atoms with E-state index in [0.29, 0.717) is 17.9 Å². The van der Waals surface area contributed by atoms with Crippen molar-refractivity contribution in [3.05, 3.63) is 35.9 Å². The molecule has 2 aromatic rings. The van der Waals surface area contributed by atoms with Crippen molar-refractivity contribution >= 4 is 5.82 Å². The maximum Gasteiger partial charge on any atom is 0.140 e. The second-order valence-electron chi connectivity index (χ2n) is 2.70. The first-order chi connectivity index (χ1) is 6.90. The summed E-state index contributed by atoms with van der Waals surface area (Å²) in [7, 11) is 0. The molecule has 0 atom stereocenters. The van der Waals surface area contributed by atoms with Gasteiger partial charge in [-0.15, -0.1) is 0 Å². The summed E-state index contributed by atoms with van der Waals surface area (Å²) in [4.78, 5) is 0. The average Bonchev–Trinajstić information content (AvgIpc) is 2.85. The minimum absolute atomic E-state index is 0.497. The molecule has 5 nitrogen and oxygen atoms in total. The standard InChI is InChI=1S/C9H8N4O/c10-4-7-5-12-13-9(7)11-6-8-2-1-3-14-8/h1-3,5H,6H2,(H2,11,12,13). The van der Waals surface area contributed by atoms with Gasteiger partial charge in [-0.3, -0.25) is 5.10 Å². The molecule has 0 spiro atoms. The number of H-pyrrole nitrogens is 1. The third kappa shape index (κ3) is 1.59. The SMILES string of the molecule is N#Cc1cn[nH]c1NCc1ccco1. The molecule has 0 aromatic carbocycles. The van der Waals surface area contributed by atoms with Gasteiger partial charge < -0.3 is 9.73 Å². The predicted molar refractivity (Wildman–Crippen MR) is 49.3 cm³/mol. The summed E-state index contributed by atoms with van der Waals surface area (Å²) < 4.78 is 5.13. The molecule has 0 saturated heterocycles. The number of furan rings is 1. The number of hydrogen-bond acceptors (Lipinski definition) is 4. The third-order valence-corrected chi connectivity index (χ3v) is 1.78. The van der Waals surface area contributed by atoms with E-state index < -0.39 is 0 Å². The van der Waals surface area contributed by atoms with Gasteiger partial charge in [-0.05, 0) is 12.1 Å². The molecular formula is C9H8N4O. The lowest BCUT2D eigenvalue weighted by atomic mass is 10.3. The maximum absolute atomic E-state index is 8.69. The Bertz CT molecular complexity index is 438. The van der Waals surface area contributed by atoms with E-state index in [1.165, 1.54) is 6.20 Å². The fourth-order valence-electron chi connectivity index (χ4n) is 1.09. The van der Waals surface area contributed by atoms with Crippen LogP contribution in [0.15, 0.2) is 29.0 Å². The van der Waals surface area contributed by atoms with Crippen molar-refractivity contribution in [1.82, 2.24) is 10.2 Å². The number of nitrogens with one attached hydrogen (secondary N) is 2. The van der Waals surface area contributed by atoms with Gasteiger partial charge in [0.25, 0.3) is 0 Å². The highest BCUT2D eigenvalue weighted by atomic mass is 16.3. The van der Waals surface area contributed by atoms with Crippen molar-refractivity contribution in [3.63, 3.8) is 0 Å². The second-order valence-corrected chi connectivity index (χ2v) is 2.70. The van der Waals surface area contributed by atoms with Crippen LogP contribution >= 0.6 is 0 Å². The molecule has 0 amide bonds. The predicted octanol–water partition coefficient (Wildman–Crippen LogP) is 1.49. The van der Waals surface area contributed by atoms with Crippen LogP contribution in [0.25, 0.3) is 0 Å².